The molecule has 0 spiro atoms. The minimum atomic E-state index is -1.58. The molecule has 0 aromatic heterocycles. The number of rotatable bonds is 24. The summed E-state index contributed by atoms with van der Waals surface area (Å²) < 4.78 is 11.3. The van der Waals surface area contributed by atoms with E-state index in [1.807, 2.05) is 0 Å². The van der Waals surface area contributed by atoms with Crippen LogP contribution in [0.15, 0.2) is 97.1 Å². The number of para-hydroxylation sites is 4. The molecule has 4 aromatic rings. The van der Waals surface area contributed by atoms with Gasteiger partial charge in [0.25, 0.3) is 11.8 Å². The van der Waals surface area contributed by atoms with Crippen LogP contribution in [0.1, 0.15) is 30.4 Å². The number of phenolic OH excluding ortho intramolecular Hbond substituents is 2. The van der Waals surface area contributed by atoms with Crippen molar-refractivity contribution >= 4 is 58.8 Å². The van der Waals surface area contributed by atoms with Gasteiger partial charge in [0, 0.05) is 12.8 Å². The van der Waals surface area contributed by atoms with Gasteiger partial charge in [0.2, 0.25) is 17.7 Å². The van der Waals surface area contributed by atoms with E-state index in [0.717, 1.165) is 0 Å². The smallest absolute Gasteiger partial charge is 0.326 e. The number of phenols is 2. The Labute approximate surface area is 364 Å². The van der Waals surface area contributed by atoms with E-state index in [9.17, 15) is 58.8 Å². The minimum Gasteiger partial charge on any atom is -0.508 e. The monoisotopic (exact) mass is 886 g/mol. The number of nitrogens with two attached hydrogens (primary N) is 1. The van der Waals surface area contributed by atoms with Gasteiger partial charge < -0.3 is 67.3 Å². The molecule has 21 nitrogen and oxygen atoms in total. The van der Waals surface area contributed by atoms with E-state index >= 15 is 0 Å². The number of amides is 5. The van der Waals surface area contributed by atoms with Gasteiger partial charge in [-0.25, -0.2) is 4.79 Å². The zero-order valence-corrected chi connectivity index (χ0v) is 33.9. The normalized spacial score (nSPS) is 12.5. The van der Waals surface area contributed by atoms with E-state index in [4.69, 9.17) is 20.3 Å². The second kappa shape index (κ2) is 23.7. The summed E-state index contributed by atoms with van der Waals surface area (Å²) in [6, 6.07) is 17.9. The summed E-state index contributed by atoms with van der Waals surface area (Å²) >= 11 is 0. The molecule has 338 valence electrons. The number of hydrogen-bond acceptors (Lipinski definition) is 13. The summed E-state index contributed by atoms with van der Waals surface area (Å²) in [5, 5.41) is 59.3. The number of carboxylic acids is 3. The van der Waals surface area contributed by atoms with Crippen LogP contribution in [-0.4, -0.2) is 110 Å². The minimum absolute atomic E-state index is 0.000691. The number of carbonyl (C=O) groups is 8. The molecule has 5 amide bonds. The summed E-state index contributed by atoms with van der Waals surface area (Å²) in [5.74, 6) is -8.40. The summed E-state index contributed by atoms with van der Waals surface area (Å²) in [6.07, 6.45) is -1.77. The first-order valence-electron chi connectivity index (χ1n) is 19.4. The number of anilines is 2. The van der Waals surface area contributed by atoms with Crippen molar-refractivity contribution in [2.75, 3.05) is 23.8 Å². The molecular formula is C43H46N6O15. The van der Waals surface area contributed by atoms with Crippen LogP contribution < -0.4 is 41.8 Å². The molecule has 0 fully saturated rings. The molecule has 0 aliphatic rings. The van der Waals surface area contributed by atoms with Gasteiger partial charge in [-0.05, 0) is 72.5 Å². The Morgan fingerprint density at radius 3 is 1.45 bits per heavy atom. The van der Waals surface area contributed by atoms with Crippen molar-refractivity contribution in [2.45, 2.75) is 56.3 Å². The first-order chi connectivity index (χ1) is 30.5. The summed E-state index contributed by atoms with van der Waals surface area (Å²) in [4.78, 5) is 100.0. The van der Waals surface area contributed by atoms with E-state index in [-0.39, 0.29) is 53.6 Å². The number of benzene rings is 4. The highest BCUT2D eigenvalue weighted by molar-refractivity contribution is 6.01. The van der Waals surface area contributed by atoms with Crippen LogP contribution in [0.2, 0.25) is 0 Å². The average Bonchev–Trinajstić information content (AvgIpc) is 3.25. The molecular weight excluding hydrogens is 840 g/mol. The molecule has 64 heavy (non-hydrogen) atoms. The maximum absolute atomic E-state index is 13.8. The Bertz CT molecular complexity index is 2310. The topological polar surface area (TPSA) is 342 Å². The third-order valence-corrected chi connectivity index (χ3v) is 9.06. The van der Waals surface area contributed by atoms with Crippen molar-refractivity contribution < 1.29 is 73.4 Å². The van der Waals surface area contributed by atoms with Crippen molar-refractivity contribution in [1.29, 1.82) is 0 Å². The van der Waals surface area contributed by atoms with Crippen molar-refractivity contribution in [2.24, 2.45) is 5.73 Å². The lowest BCUT2D eigenvalue weighted by atomic mass is 10.0. The molecule has 4 aromatic carbocycles. The first-order valence-corrected chi connectivity index (χ1v) is 19.4. The Balaban J connectivity index is 1.42. The lowest BCUT2D eigenvalue weighted by molar-refractivity contribution is -0.143. The van der Waals surface area contributed by atoms with Gasteiger partial charge in [0.1, 0.15) is 41.1 Å². The molecule has 0 bridgehead atoms. The maximum atomic E-state index is 13.8. The molecule has 0 aliphatic heterocycles. The number of aliphatic carboxylic acids is 3. The van der Waals surface area contributed by atoms with Crippen LogP contribution in [0.4, 0.5) is 11.4 Å². The third kappa shape index (κ3) is 16.0. The number of ether oxygens (including phenoxy) is 2. The largest absolute Gasteiger partial charge is 0.508 e. The van der Waals surface area contributed by atoms with Gasteiger partial charge in [-0.2, -0.15) is 0 Å². The fourth-order valence-corrected chi connectivity index (χ4v) is 5.83. The van der Waals surface area contributed by atoms with E-state index in [0.29, 0.717) is 11.1 Å². The van der Waals surface area contributed by atoms with Gasteiger partial charge in [0.15, 0.2) is 13.2 Å². The molecule has 4 atom stereocenters. The van der Waals surface area contributed by atoms with Crippen LogP contribution >= 0.6 is 0 Å². The quantitative estimate of drug-likeness (QED) is 0.0470. The van der Waals surface area contributed by atoms with Crippen LogP contribution in [0.25, 0.3) is 0 Å². The Morgan fingerprint density at radius 2 is 0.984 bits per heavy atom. The van der Waals surface area contributed by atoms with Crippen molar-refractivity contribution in [3.8, 4) is 23.0 Å². The maximum Gasteiger partial charge on any atom is 0.326 e. The fourth-order valence-electron chi connectivity index (χ4n) is 5.83. The fraction of sp³-hybridized carbons (Fsp3) is 0.256. The summed E-state index contributed by atoms with van der Waals surface area (Å²) in [6.45, 7) is -1.41. The van der Waals surface area contributed by atoms with E-state index < -0.39 is 97.7 Å². The molecule has 0 saturated heterocycles. The van der Waals surface area contributed by atoms with E-state index in [1.54, 1.807) is 18.2 Å². The molecule has 0 unspecified atom stereocenters. The zero-order chi connectivity index (χ0) is 46.8. The highest BCUT2D eigenvalue weighted by Crippen LogP contribution is 2.26. The van der Waals surface area contributed by atoms with Gasteiger partial charge in [-0.1, -0.05) is 48.5 Å². The molecule has 0 radical (unpaired) electrons. The Hall–Kier alpha value is -8.20. The number of carboxylic acid groups (broad SMARTS) is 3. The van der Waals surface area contributed by atoms with Crippen LogP contribution in [-0.2, 0) is 51.2 Å². The number of nitrogens with one attached hydrogen (secondary N) is 5. The van der Waals surface area contributed by atoms with Gasteiger partial charge >= 0.3 is 17.9 Å². The molecule has 12 N–H and O–H groups in total. The number of hydrogen-bond donors (Lipinski definition) is 11. The second-order valence-corrected chi connectivity index (χ2v) is 14.1. The number of aromatic hydroxyl groups is 2. The van der Waals surface area contributed by atoms with Crippen LogP contribution in [0.3, 0.4) is 0 Å². The van der Waals surface area contributed by atoms with Crippen molar-refractivity contribution in [3.05, 3.63) is 108 Å². The van der Waals surface area contributed by atoms with Gasteiger partial charge in [-0.15, -0.1) is 0 Å². The zero-order valence-electron chi connectivity index (χ0n) is 33.9. The predicted molar refractivity (Wildman–Crippen MR) is 225 cm³/mol. The highest BCUT2D eigenvalue weighted by atomic mass is 16.5. The SMILES string of the molecule is N[C@@H](Cc1ccc(O)cc1)C(=O)N[C@@H](CC(=O)O)C(=O)Nc1ccccc1OCC(=O)N[C@@H](Cc1ccc(O)cc1)C(=O)Nc1ccccc1OCC(=O)N[C@@H](CCC(=O)O)C(=O)O. The van der Waals surface area contributed by atoms with Gasteiger partial charge in [-0.3, -0.25) is 33.6 Å². The van der Waals surface area contributed by atoms with E-state index in [2.05, 4.69) is 26.6 Å². The van der Waals surface area contributed by atoms with Gasteiger partial charge in [0.05, 0.1) is 23.8 Å². The second-order valence-electron chi connectivity index (χ2n) is 14.1. The lowest BCUT2D eigenvalue weighted by Gasteiger charge is -2.21. The third-order valence-electron chi connectivity index (χ3n) is 9.06. The van der Waals surface area contributed by atoms with Crippen LogP contribution in [0, 0.1) is 0 Å². The van der Waals surface area contributed by atoms with E-state index in [1.165, 1.54) is 78.9 Å². The highest BCUT2D eigenvalue weighted by Gasteiger charge is 2.28. The molecule has 0 saturated carbocycles. The van der Waals surface area contributed by atoms with Crippen LogP contribution in [0.5, 0.6) is 23.0 Å². The molecule has 4 rings (SSSR count). The van der Waals surface area contributed by atoms with Crippen molar-refractivity contribution in [3.63, 3.8) is 0 Å². The van der Waals surface area contributed by atoms with Crippen molar-refractivity contribution in [1.82, 2.24) is 16.0 Å². The lowest BCUT2D eigenvalue weighted by Crippen LogP contribution is -2.51. The number of carbonyl (C=O) groups excluding carboxylic acids is 5. The average molecular weight is 887 g/mol. The predicted octanol–water partition coefficient (Wildman–Crippen LogP) is 1.12. The molecule has 21 heteroatoms. The Kier molecular flexibility index (Phi) is 18.0. The Morgan fingerprint density at radius 1 is 0.531 bits per heavy atom. The molecule has 0 aliphatic carbocycles. The summed E-state index contributed by atoms with van der Waals surface area (Å²) in [7, 11) is 0. The standard InChI is InChI=1S/C43H46N6O15/c44-28(19-24-9-13-26(50)14-10-24)40(58)49-33(21-39(56)57)42(60)48-30-6-2-4-8-35(30)64-23-37(53)46-32(20-25-11-15-27(51)16-12-25)41(59)47-29-5-1-3-7-34(29)63-22-36(52)45-31(43(61)62)17-18-38(54)55/h1-16,28,31-33,50-51H,17-23,44H2,(H,45,52)(H,46,53)(H,47,59)(H,48,60)(H,49,58)(H,54,55)(H,56,57)(H,61,62)/t28-,31-,32-,33-/m0/s1. The first kappa shape index (κ1) is 48.5. The summed E-state index contributed by atoms with van der Waals surface area (Å²) in [5.41, 5.74) is 7.20. The molecule has 0 heterocycles.